The van der Waals surface area contributed by atoms with Gasteiger partial charge in [0, 0.05) is 6.54 Å². The summed E-state index contributed by atoms with van der Waals surface area (Å²) in [6.07, 6.45) is 0.950. The van der Waals surface area contributed by atoms with Gasteiger partial charge < -0.3 is 19.8 Å². The van der Waals surface area contributed by atoms with Crippen LogP contribution in [0.2, 0.25) is 0 Å². The molecule has 0 aromatic heterocycles. The minimum Gasteiger partial charge on any atom is -0.494 e. The van der Waals surface area contributed by atoms with E-state index in [1.54, 1.807) is 48.5 Å². The fourth-order valence-electron chi connectivity index (χ4n) is 2.59. The fraction of sp³-hybridized carbons (Fsp3) is 0.364. The maximum absolute atomic E-state index is 12.6. The summed E-state index contributed by atoms with van der Waals surface area (Å²) in [7, 11) is -3.48. The summed E-state index contributed by atoms with van der Waals surface area (Å²) in [5, 5.41) is 14.8. The monoisotopic (exact) mass is 451 g/mol. The van der Waals surface area contributed by atoms with Crippen molar-refractivity contribution in [2.24, 2.45) is 0 Å². The molecule has 0 heterocycles. The Morgan fingerprint density at radius 2 is 1.32 bits per heavy atom. The van der Waals surface area contributed by atoms with Crippen molar-refractivity contribution in [3.63, 3.8) is 0 Å². The summed E-state index contributed by atoms with van der Waals surface area (Å²) in [4.78, 5) is 21.1. The smallest absolute Gasteiger partial charge is 0.414 e. The summed E-state index contributed by atoms with van der Waals surface area (Å²) in [5.41, 5.74) is 1.03. The van der Waals surface area contributed by atoms with Crippen molar-refractivity contribution >= 4 is 21.8 Å². The second-order valence-electron chi connectivity index (χ2n) is 6.63. The number of aliphatic carboxylic acids is 2. The molecule has 0 radical (unpaired) electrons. The molecule has 2 N–H and O–H groups in total. The Morgan fingerprint density at radius 3 is 1.74 bits per heavy atom. The first-order valence-corrected chi connectivity index (χ1v) is 11.3. The van der Waals surface area contributed by atoms with Crippen LogP contribution in [0.4, 0.5) is 0 Å². The average Bonchev–Trinajstić information content (AvgIpc) is 2.75. The Hall–Kier alpha value is -2.91. The number of benzene rings is 2. The molecule has 170 valence electrons. The van der Waals surface area contributed by atoms with Crippen LogP contribution in [-0.4, -0.2) is 61.7 Å². The molecule has 0 aliphatic carbocycles. The van der Waals surface area contributed by atoms with Gasteiger partial charge in [0.2, 0.25) is 9.84 Å². The molecule has 0 saturated heterocycles. The van der Waals surface area contributed by atoms with Crippen LogP contribution in [0.25, 0.3) is 0 Å². The standard InChI is InChI=1S/C20H27NO3S.C2H2O4/c1-4-21(5-2)15-6-16-24-18-9-13-20(14-10-18)25(22,23)19-11-7-17(3)8-12-19;3-1(4)2(5)6/h7-14H,4-6,15-16H2,1-3H3;(H,3,4)(H,5,6). The van der Waals surface area contributed by atoms with Crippen molar-refractivity contribution in [3.05, 3.63) is 54.1 Å². The van der Waals surface area contributed by atoms with Gasteiger partial charge in [-0.2, -0.15) is 0 Å². The van der Waals surface area contributed by atoms with Gasteiger partial charge >= 0.3 is 11.9 Å². The summed E-state index contributed by atoms with van der Waals surface area (Å²) in [6.45, 7) is 9.95. The van der Waals surface area contributed by atoms with Crippen LogP contribution in [0.15, 0.2) is 58.3 Å². The van der Waals surface area contributed by atoms with Crippen LogP contribution in [0, 0.1) is 6.92 Å². The molecule has 0 spiro atoms. The van der Waals surface area contributed by atoms with E-state index in [2.05, 4.69) is 18.7 Å². The van der Waals surface area contributed by atoms with Gasteiger partial charge in [0.1, 0.15) is 5.75 Å². The molecule has 31 heavy (non-hydrogen) atoms. The minimum absolute atomic E-state index is 0.284. The highest BCUT2D eigenvalue weighted by molar-refractivity contribution is 7.91. The molecule has 0 bridgehead atoms. The molecule has 0 unspecified atom stereocenters. The van der Waals surface area contributed by atoms with Gasteiger partial charge in [-0.3, -0.25) is 0 Å². The molecular formula is C22H29NO7S. The lowest BCUT2D eigenvalue weighted by molar-refractivity contribution is -0.159. The third kappa shape index (κ3) is 8.77. The van der Waals surface area contributed by atoms with E-state index in [0.29, 0.717) is 17.3 Å². The Kier molecular flexibility index (Phi) is 10.7. The number of rotatable bonds is 9. The molecule has 9 heteroatoms. The van der Waals surface area contributed by atoms with Crippen molar-refractivity contribution < 1.29 is 33.0 Å². The van der Waals surface area contributed by atoms with Crippen LogP contribution >= 0.6 is 0 Å². The molecule has 0 aliphatic rings. The van der Waals surface area contributed by atoms with Gasteiger partial charge in [-0.05, 0) is 62.8 Å². The van der Waals surface area contributed by atoms with Gasteiger partial charge in [-0.25, -0.2) is 18.0 Å². The normalized spacial score (nSPS) is 10.8. The topological polar surface area (TPSA) is 121 Å². The van der Waals surface area contributed by atoms with E-state index >= 15 is 0 Å². The van der Waals surface area contributed by atoms with Gasteiger partial charge in [0.05, 0.1) is 16.4 Å². The number of hydrogen-bond donors (Lipinski definition) is 2. The maximum atomic E-state index is 12.6. The van der Waals surface area contributed by atoms with Crippen LogP contribution in [0.5, 0.6) is 5.75 Å². The molecule has 2 aromatic carbocycles. The van der Waals surface area contributed by atoms with Crippen LogP contribution in [-0.2, 0) is 19.4 Å². The van der Waals surface area contributed by atoms with E-state index in [-0.39, 0.29) is 4.90 Å². The second-order valence-corrected chi connectivity index (χ2v) is 8.58. The summed E-state index contributed by atoms with van der Waals surface area (Å²) in [5.74, 6) is -2.95. The highest BCUT2D eigenvalue weighted by Gasteiger charge is 2.17. The molecule has 0 aliphatic heterocycles. The van der Waals surface area contributed by atoms with Gasteiger partial charge in [0.25, 0.3) is 0 Å². The Labute approximate surface area is 183 Å². The predicted octanol–water partition coefficient (Wildman–Crippen LogP) is 3.09. The van der Waals surface area contributed by atoms with Crippen LogP contribution in [0.1, 0.15) is 25.8 Å². The third-order valence-electron chi connectivity index (χ3n) is 4.43. The van der Waals surface area contributed by atoms with Crippen molar-refractivity contribution in [2.75, 3.05) is 26.2 Å². The molecule has 2 rings (SSSR count). The number of carbonyl (C=O) groups is 2. The average molecular weight is 452 g/mol. The first-order chi connectivity index (χ1) is 14.6. The summed E-state index contributed by atoms with van der Waals surface area (Å²) < 4.78 is 30.9. The van der Waals surface area contributed by atoms with Gasteiger partial charge in [-0.15, -0.1) is 0 Å². The largest absolute Gasteiger partial charge is 0.494 e. The number of carboxylic acids is 2. The molecule has 0 saturated carbocycles. The van der Waals surface area contributed by atoms with E-state index < -0.39 is 21.8 Å². The Balaban J connectivity index is 0.000000703. The molecule has 0 fully saturated rings. The highest BCUT2D eigenvalue weighted by Crippen LogP contribution is 2.23. The van der Waals surface area contributed by atoms with E-state index in [1.807, 2.05) is 6.92 Å². The number of ether oxygens (including phenoxy) is 1. The molecular weight excluding hydrogens is 422 g/mol. The first-order valence-electron chi connectivity index (χ1n) is 9.85. The SMILES string of the molecule is CCN(CC)CCCOc1ccc(S(=O)(=O)c2ccc(C)cc2)cc1.O=C(O)C(=O)O. The third-order valence-corrected chi connectivity index (χ3v) is 6.22. The zero-order valence-electron chi connectivity index (χ0n) is 17.9. The van der Waals surface area contributed by atoms with Crippen molar-refractivity contribution in [1.29, 1.82) is 0 Å². The number of aryl methyl sites for hydroxylation is 1. The van der Waals surface area contributed by atoms with Crippen LogP contribution < -0.4 is 4.74 Å². The second kappa shape index (κ2) is 12.7. The maximum Gasteiger partial charge on any atom is 0.414 e. The van der Waals surface area contributed by atoms with Gasteiger partial charge in [0.15, 0.2) is 0 Å². The lowest BCUT2D eigenvalue weighted by Gasteiger charge is -2.17. The first kappa shape index (κ1) is 26.1. The number of carboxylic acid groups (broad SMARTS) is 2. The molecule has 8 nitrogen and oxygen atoms in total. The number of hydrogen-bond acceptors (Lipinski definition) is 6. The zero-order valence-corrected chi connectivity index (χ0v) is 18.8. The minimum atomic E-state index is -3.48. The predicted molar refractivity (Wildman–Crippen MR) is 116 cm³/mol. The number of nitrogens with zero attached hydrogens (tertiary/aromatic N) is 1. The Bertz CT molecular complexity index is 923. The zero-order chi connectivity index (χ0) is 23.4. The molecule has 0 amide bonds. The molecule has 0 atom stereocenters. The van der Waals surface area contributed by atoms with E-state index in [0.717, 1.165) is 31.6 Å². The van der Waals surface area contributed by atoms with E-state index in [4.69, 9.17) is 24.5 Å². The fourth-order valence-corrected chi connectivity index (χ4v) is 3.85. The van der Waals surface area contributed by atoms with Crippen LogP contribution in [0.3, 0.4) is 0 Å². The number of sulfone groups is 1. The van der Waals surface area contributed by atoms with Crippen molar-refractivity contribution in [3.8, 4) is 5.75 Å². The quantitative estimate of drug-likeness (QED) is 0.441. The van der Waals surface area contributed by atoms with E-state index in [9.17, 15) is 8.42 Å². The summed E-state index contributed by atoms with van der Waals surface area (Å²) in [6, 6.07) is 13.5. The molecule has 2 aromatic rings. The lowest BCUT2D eigenvalue weighted by atomic mass is 10.2. The van der Waals surface area contributed by atoms with Gasteiger partial charge in [-0.1, -0.05) is 31.5 Å². The van der Waals surface area contributed by atoms with Crippen molar-refractivity contribution in [1.82, 2.24) is 4.90 Å². The highest BCUT2D eigenvalue weighted by atomic mass is 32.2. The van der Waals surface area contributed by atoms with Crippen molar-refractivity contribution in [2.45, 2.75) is 37.0 Å². The van der Waals surface area contributed by atoms with E-state index in [1.165, 1.54) is 0 Å². The Morgan fingerprint density at radius 1 is 0.871 bits per heavy atom. The lowest BCUT2D eigenvalue weighted by Crippen LogP contribution is -2.25. The summed E-state index contributed by atoms with van der Waals surface area (Å²) >= 11 is 0.